The van der Waals surface area contributed by atoms with Gasteiger partial charge in [-0.05, 0) is 19.4 Å². The molecule has 33 heavy (non-hydrogen) atoms. The first-order valence-electron chi connectivity index (χ1n) is 10.1. The highest BCUT2D eigenvalue weighted by atomic mass is 35.5. The lowest BCUT2D eigenvalue weighted by Crippen LogP contribution is -2.28. The zero-order valence-electron chi connectivity index (χ0n) is 17.9. The zero-order valence-corrected chi connectivity index (χ0v) is 18.7. The number of amides is 2. The summed E-state index contributed by atoms with van der Waals surface area (Å²) in [6.07, 6.45) is -1.83. The van der Waals surface area contributed by atoms with Crippen molar-refractivity contribution in [1.29, 1.82) is 0 Å². The Labute approximate surface area is 191 Å². The van der Waals surface area contributed by atoms with E-state index in [0.717, 1.165) is 11.9 Å². The van der Waals surface area contributed by atoms with Crippen molar-refractivity contribution in [3.63, 3.8) is 0 Å². The van der Waals surface area contributed by atoms with E-state index in [1.807, 2.05) is 13.8 Å². The quantitative estimate of drug-likeness (QED) is 0.589. The van der Waals surface area contributed by atoms with Crippen LogP contribution in [-0.2, 0) is 16.4 Å². The highest BCUT2D eigenvalue weighted by molar-refractivity contribution is 6.29. The van der Waals surface area contributed by atoms with Crippen molar-refractivity contribution in [1.82, 2.24) is 24.9 Å². The van der Waals surface area contributed by atoms with Gasteiger partial charge in [-0.3, -0.25) is 9.59 Å². The maximum Gasteiger partial charge on any atom is 0.418 e. The second-order valence-corrected chi connectivity index (χ2v) is 8.79. The Hall–Kier alpha value is -3.21. The first kappa shape index (κ1) is 23.0. The van der Waals surface area contributed by atoms with E-state index in [-0.39, 0.29) is 17.4 Å². The number of anilines is 1. The lowest BCUT2D eigenvalue weighted by Gasteiger charge is -2.19. The maximum atomic E-state index is 13.6. The van der Waals surface area contributed by atoms with Gasteiger partial charge in [0.15, 0.2) is 10.8 Å². The van der Waals surface area contributed by atoms with Gasteiger partial charge in [-0.1, -0.05) is 25.4 Å². The van der Waals surface area contributed by atoms with Crippen LogP contribution in [0.15, 0.2) is 24.5 Å². The first-order valence-corrected chi connectivity index (χ1v) is 10.5. The van der Waals surface area contributed by atoms with Gasteiger partial charge in [-0.25, -0.2) is 14.5 Å². The van der Waals surface area contributed by atoms with Crippen molar-refractivity contribution in [2.24, 2.45) is 0 Å². The minimum absolute atomic E-state index is 0.149. The van der Waals surface area contributed by atoms with E-state index in [0.29, 0.717) is 23.7 Å². The molecule has 2 amide bonds. The van der Waals surface area contributed by atoms with Crippen LogP contribution >= 0.6 is 11.6 Å². The minimum atomic E-state index is -4.83. The van der Waals surface area contributed by atoms with Crippen molar-refractivity contribution >= 4 is 34.7 Å². The molecule has 8 nitrogen and oxygen atoms in total. The van der Waals surface area contributed by atoms with Crippen LogP contribution in [0.25, 0.3) is 5.65 Å². The molecule has 3 aromatic heterocycles. The summed E-state index contributed by atoms with van der Waals surface area (Å²) in [5.41, 5.74) is -0.695. The monoisotopic (exact) mass is 480 g/mol. The van der Waals surface area contributed by atoms with E-state index in [1.54, 1.807) is 23.7 Å². The summed E-state index contributed by atoms with van der Waals surface area (Å²) in [5.74, 6) is -2.13. The van der Waals surface area contributed by atoms with Gasteiger partial charge in [0.2, 0.25) is 5.91 Å². The third-order valence-corrected chi connectivity index (χ3v) is 5.73. The molecule has 0 spiro atoms. The third kappa shape index (κ3) is 4.12. The van der Waals surface area contributed by atoms with Crippen molar-refractivity contribution in [3.8, 4) is 0 Å². The lowest BCUT2D eigenvalue weighted by atomic mass is 9.88. The lowest BCUT2D eigenvalue weighted by molar-refractivity contribution is -0.138. The van der Waals surface area contributed by atoms with E-state index < -0.39 is 40.6 Å². The number of aromatic nitrogens is 4. The third-order valence-electron chi connectivity index (χ3n) is 5.54. The molecule has 1 unspecified atom stereocenters. The Bertz CT molecular complexity index is 1270. The van der Waals surface area contributed by atoms with E-state index in [2.05, 4.69) is 25.7 Å². The molecule has 0 fully saturated rings. The first-order chi connectivity index (χ1) is 15.4. The maximum absolute atomic E-state index is 13.6. The largest absolute Gasteiger partial charge is 0.418 e. The highest BCUT2D eigenvalue weighted by Crippen LogP contribution is 2.46. The predicted octanol–water partition coefficient (Wildman–Crippen LogP) is 3.95. The summed E-state index contributed by atoms with van der Waals surface area (Å²) >= 11 is 6.01. The standard InChI is InChI=1S/C21H20ClF3N6O2/c1-4-26-19(33)16-13(21(23,24)25)5-10(8-28-16)29-18(32)11-7-20(2,3)17-12(11)9-27-15-6-14(22)30-31(15)17/h5-6,8-9,11H,4,7H2,1-3H3,(H,26,33)(H,29,32). The molecule has 0 aromatic carbocycles. The Morgan fingerprint density at radius 3 is 2.64 bits per heavy atom. The molecule has 2 N–H and O–H groups in total. The van der Waals surface area contributed by atoms with Gasteiger partial charge in [0, 0.05) is 29.8 Å². The van der Waals surface area contributed by atoms with Gasteiger partial charge in [0.05, 0.1) is 29.1 Å². The number of carbonyl (C=O) groups excluding carboxylic acids is 2. The summed E-state index contributed by atoms with van der Waals surface area (Å²) in [6, 6.07) is 2.32. The van der Waals surface area contributed by atoms with Crippen LogP contribution in [0.4, 0.5) is 18.9 Å². The number of nitrogens with one attached hydrogen (secondary N) is 2. The van der Waals surface area contributed by atoms with Crippen LogP contribution in [0.3, 0.4) is 0 Å². The van der Waals surface area contributed by atoms with Crippen LogP contribution in [0, 0.1) is 0 Å². The van der Waals surface area contributed by atoms with Crippen LogP contribution < -0.4 is 10.6 Å². The second-order valence-electron chi connectivity index (χ2n) is 8.41. The fourth-order valence-electron chi connectivity index (χ4n) is 4.21. The molecular formula is C21H20ClF3N6O2. The summed E-state index contributed by atoms with van der Waals surface area (Å²) in [7, 11) is 0. The second kappa shape index (κ2) is 7.98. The van der Waals surface area contributed by atoms with Gasteiger partial charge in [0.25, 0.3) is 5.91 Å². The number of carbonyl (C=O) groups is 2. The van der Waals surface area contributed by atoms with Crippen molar-refractivity contribution < 1.29 is 22.8 Å². The summed E-state index contributed by atoms with van der Waals surface area (Å²) in [4.78, 5) is 33.1. The minimum Gasteiger partial charge on any atom is -0.351 e. The van der Waals surface area contributed by atoms with Gasteiger partial charge in [-0.15, -0.1) is 0 Å². The van der Waals surface area contributed by atoms with E-state index in [4.69, 9.17) is 11.6 Å². The molecule has 1 aliphatic carbocycles. The number of nitrogens with zero attached hydrogens (tertiary/aromatic N) is 4. The molecule has 0 bridgehead atoms. The number of hydrogen-bond donors (Lipinski definition) is 2. The molecule has 0 radical (unpaired) electrons. The van der Waals surface area contributed by atoms with Gasteiger partial charge < -0.3 is 10.6 Å². The average molecular weight is 481 g/mol. The normalized spacial score (nSPS) is 17.1. The molecule has 1 atom stereocenters. The molecule has 0 saturated carbocycles. The van der Waals surface area contributed by atoms with Gasteiger partial charge >= 0.3 is 6.18 Å². The molecule has 1 aliphatic rings. The molecule has 174 valence electrons. The molecule has 3 heterocycles. The van der Waals surface area contributed by atoms with E-state index in [1.165, 1.54) is 0 Å². The Balaban J connectivity index is 1.67. The van der Waals surface area contributed by atoms with Crippen LogP contribution in [0.5, 0.6) is 0 Å². The van der Waals surface area contributed by atoms with Crippen LogP contribution in [0.2, 0.25) is 5.15 Å². The SMILES string of the molecule is CCNC(=O)c1ncc(NC(=O)C2CC(C)(C)c3c2cnc2cc(Cl)nn32)cc1C(F)(F)F. The zero-order chi connectivity index (χ0) is 24.1. The average Bonchev–Trinajstić information content (AvgIpc) is 3.23. The Kier molecular flexibility index (Phi) is 5.55. The summed E-state index contributed by atoms with van der Waals surface area (Å²) in [5, 5.41) is 9.33. The Morgan fingerprint density at radius 2 is 1.97 bits per heavy atom. The highest BCUT2D eigenvalue weighted by Gasteiger charge is 2.43. The number of hydrogen-bond acceptors (Lipinski definition) is 5. The van der Waals surface area contributed by atoms with Gasteiger partial charge in [-0.2, -0.15) is 18.3 Å². The fraction of sp³-hybridized carbons (Fsp3) is 0.381. The number of fused-ring (bicyclic) bond motifs is 3. The van der Waals surface area contributed by atoms with Gasteiger partial charge in [0.1, 0.15) is 5.69 Å². The molecule has 4 rings (SSSR count). The number of halogens is 4. The molecule has 3 aromatic rings. The summed E-state index contributed by atoms with van der Waals surface area (Å²) in [6.45, 7) is 5.62. The molecule has 12 heteroatoms. The fourth-order valence-corrected chi connectivity index (χ4v) is 4.38. The van der Waals surface area contributed by atoms with Crippen LogP contribution in [-0.4, -0.2) is 37.9 Å². The van der Waals surface area contributed by atoms with Crippen LogP contribution in [0.1, 0.15) is 60.4 Å². The van der Waals surface area contributed by atoms with Crippen molar-refractivity contribution in [3.05, 3.63) is 52.2 Å². The van der Waals surface area contributed by atoms with Crippen molar-refractivity contribution in [2.75, 3.05) is 11.9 Å². The Morgan fingerprint density at radius 1 is 1.24 bits per heavy atom. The topological polar surface area (TPSA) is 101 Å². The number of rotatable bonds is 4. The smallest absolute Gasteiger partial charge is 0.351 e. The molecule has 0 saturated heterocycles. The predicted molar refractivity (Wildman–Crippen MR) is 114 cm³/mol. The number of pyridine rings is 1. The summed E-state index contributed by atoms with van der Waals surface area (Å²) < 4.78 is 42.3. The van der Waals surface area contributed by atoms with Crippen molar-refractivity contribution in [2.45, 2.75) is 44.7 Å². The molecular weight excluding hydrogens is 461 g/mol. The van der Waals surface area contributed by atoms with E-state index in [9.17, 15) is 22.8 Å². The molecule has 0 aliphatic heterocycles. The number of alkyl halides is 3. The van der Waals surface area contributed by atoms with E-state index >= 15 is 0 Å².